The number of amidine groups is 1. The molecule has 8 heteroatoms. The quantitative estimate of drug-likeness (QED) is 0.488. The minimum absolute atomic E-state index is 0.0631. The molecule has 3 heterocycles. The van der Waals surface area contributed by atoms with Crippen LogP contribution in [0.5, 0.6) is 0 Å². The van der Waals surface area contributed by atoms with Gasteiger partial charge < -0.3 is 4.42 Å². The van der Waals surface area contributed by atoms with E-state index in [0.29, 0.717) is 12.4 Å². The van der Waals surface area contributed by atoms with Crippen molar-refractivity contribution in [3.63, 3.8) is 0 Å². The van der Waals surface area contributed by atoms with E-state index in [2.05, 4.69) is 38.6 Å². The molecule has 31 heavy (non-hydrogen) atoms. The van der Waals surface area contributed by atoms with Crippen molar-refractivity contribution in [2.45, 2.75) is 32.7 Å². The van der Waals surface area contributed by atoms with Gasteiger partial charge in [-0.25, -0.2) is 0 Å². The Kier molecular flexibility index (Phi) is 5.03. The molecule has 0 radical (unpaired) electrons. The molecule has 0 spiro atoms. The van der Waals surface area contributed by atoms with E-state index in [1.807, 2.05) is 47.4 Å². The fraction of sp³-hybridized carbons (Fsp3) is 0.261. The standard InChI is InChI=1S/C23H22N6O2/c1-2-3-8-21-24-13-22(30)29(21)14-15-9-10-19-16(11-15)12-20(31-19)17-6-4-5-7-18(17)23-25-27-28-26-23/h4-7,9-12H,2-3,8,13-14H2,1H3,(H,25,26,27,28). The number of H-pyrrole nitrogens is 1. The largest absolute Gasteiger partial charge is 0.456 e. The van der Waals surface area contributed by atoms with Crippen LogP contribution in [0.3, 0.4) is 0 Å². The highest BCUT2D eigenvalue weighted by Crippen LogP contribution is 2.34. The second kappa shape index (κ2) is 8.14. The topological polar surface area (TPSA) is 100 Å². The molecule has 2 aromatic heterocycles. The molecular weight excluding hydrogens is 392 g/mol. The number of nitrogens with zero attached hydrogens (tertiary/aromatic N) is 5. The van der Waals surface area contributed by atoms with E-state index < -0.39 is 0 Å². The summed E-state index contributed by atoms with van der Waals surface area (Å²) in [4.78, 5) is 18.6. The average Bonchev–Trinajstić information content (AvgIpc) is 3.53. The predicted molar refractivity (Wildman–Crippen MR) is 117 cm³/mol. The number of tetrazole rings is 1. The Bertz CT molecular complexity index is 1260. The lowest BCUT2D eigenvalue weighted by atomic mass is 10.0. The molecule has 4 aromatic rings. The first-order valence-corrected chi connectivity index (χ1v) is 10.4. The van der Waals surface area contributed by atoms with Crippen molar-refractivity contribution in [1.29, 1.82) is 0 Å². The lowest BCUT2D eigenvalue weighted by molar-refractivity contribution is -0.125. The molecule has 0 saturated carbocycles. The molecule has 0 fully saturated rings. The van der Waals surface area contributed by atoms with Crippen LogP contribution in [0.2, 0.25) is 0 Å². The van der Waals surface area contributed by atoms with Crippen LogP contribution >= 0.6 is 0 Å². The van der Waals surface area contributed by atoms with Crippen molar-refractivity contribution >= 4 is 22.7 Å². The SMILES string of the molecule is CCCCC1=NCC(=O)N1Cc1ccc2oc(-c3ccccc3-c3nn[nH]n3)cc2c1. The normalized spacial score (nSPS) is 13.9. The van der Waals surface area contributed by atoms with Gasteiger partial charge in [-0.3, -0.25) is 14.7 Å². The van der Waals surface area contributed by atoms with E-state index in [0.717, 1.165) is 58.5 Å². The Morgan fingerprint density at radius 2 is 2.00 bits per heavy atom. The number of hydrogen-bond donors (Lipinski definition) is 1. The molecule has 1 N–H and O–H groups in total. The number of aliphatic imine (C=N–C) groups is 1. The van der Waals surface area contributed by atoms with Gasteiger partial charge in [-0.15, -0.1) is 10.2 Å². The summed E-state index contributed by atoms with van der Waals surface area (Å²) in [6, 6.07) is 15.8. The number of furan rings is 1. The zero-order valence-corrected chi connectivity index (χ0v) is 17.2. The molecule has 2 aromatic carbocycles. The summed E-state index contributed by atoms with van der Waals surface area (Å²) >= 11 is 0. The Morgan fingerprint density at radius 1 is 1.13 bits per heavy atom. The Hall–Kier alpha value is -3.81. The molecule has 0 aliphatic carbocycles. The van der Waals surface area contributed by atoms with Crippen molar-refractivity contribution in [1.82, 2.24) is 25.5 Å². The van der Waals surface area contributed by atoms with Gasteiger partial charge in [0.25, 0.3) is 0 Å². The second-order valence-electron chi connectivity index (χ2n) is 7.58. The number of benzene rings is 2. The van der Waals surface area contributed by atoms with Crippen LogP contribution < -0.4 is 0 Å². The van der Waals surface area contributed by atoms with E-state index in [1.165, 1.54) is 0 Å². The van der Waals surface area contributed by atoms with Gasteiger partial charge in [0.2, 0.25) is 11.7 Å². The molecule has 1 aliphatic heterocycles. The number of unbranched alkanes of at least 4 members (excludes halogenated alkanes) is 1. The van der Waals surface area contributed by atoms with E-state index >= 15 is 0 Å². The molecule has 156 valence electrons. The van der Waals surface area contributed by atoms with E-state index in [9.17, 15) is 4.79 Å². The molecule has 8 nitrogen and oxygen atoms in total. The van der Waals surface area contributed by atoms with Gasteiger partial charge in [-0.2, -0.15) is 5.21 Å². The van der Waals surface area contributed by atoms with Gasteiger partial charge in [0, 0.05) is 22.9 Å². The lowest BCUT2D eigenvalue weighted by Gasteiger charge is -2.18. The molecule has 0 unspecified atom stereocenters. The highest BCUT2D eigenvalue weighted by molar-refractivity contribution is 6.04. The fourth-order valence-corrected chi connectivity index (χ4v) is 3.88. The highest BCUT2D eigenvalue weighted by Gasteiger charge is 2.25. The van der Waals surface area contributed by atoms with Crippen molar-refractivity contribution in [3.8, 4) is 22.7 Å². The first-order chi connectivity index (χ1) is 15.2. The molecule has 0 saturated heterocycles. The first-order valence-electron chi connectivity index (χ1n) is 10.4. The van der Waals surface area contributed by atoms with Crippen molar-refractivity contribution in [2.75, 3.05) is 6.54 Å². The Labute approximate surface area is 179 Å². The summed E-state index contributed by atoms with van der Waals surface area (Å²) in [7, 11) is 0. The molecule has 5 rings (SSSR count). The molecule has 1 amide bonds. The predicted octanol–water partition coefficient (Wildman–Crippen LogP) is 4.21. The third-order valence-electron chi connectivity index (χ3n) is 5.46. The lowest BCUT2D eigenvalue weighted by Crippen LogP contribution is -2.31. The van der Waals surface area contributed by atoms with Gasteiger partial charge in [0.15, 0.2) is 0 Å². The van der Waals surface area contributed by atoms with Crippen LogP contribution in [-0.4, -0.2) is 43.8 Å². The van der Waals surface area contributed by atoms with Crippen molar-refractivity contribution in [2.24, 2.45) is 4.99 Å². The van der Waals surface area contributed by atoms with Crippen LogP contribution in [0.4, 0.5) is 0 Å². The van der Waals surface area contributed by atoms with Crippen LogP contribution in [0, 0.1) is 0 Å². The third-order valence-corrected chi connectivity index (χ3v) is 5.46. The van der Waals surface area contributed by atoms with Gasteiger partial charge in [0.05, 0.1) is 6.54 Å². The van der Waals surface area contributed by atoms with Crippen molar-refractivity contribution < 1.29 is 9.21 Å². The third kappa shape index (κ3) is 3.72. The zero-order valence-electron chi connectivity index (χ0n) is 17.2. The van der Waals surface area contributed by atoms with Gasteiger partial charge in [-0.1, -0.05) is 43.7 Å². The summed E-state index contributed by atoms with van der Waals surface area (Å²) in [6.07, 6.45) is 2.95. The minimum atomic E-state index is 0.0631. The molecular formula is C23H22N6O2. The summed E-state index contributed by atoms with van der Waals surface area (Å²) in [6.45, 7) is 2.92. The number of carbonyl (C=O) groups is 1. The second-order valence-corrected chi connectivity index (χ2v) is 7.58. The number of hydrogen-bond acceptors (Lipinski definition) is 6. The number of rotatable bonds is 7. The molecule has 1 aliphatic rings. The Balaban J connectivity index is 1.44. The highest BCUT2D eigenvalue weighted by atomic mass is 16.3. The van der Waals surface area contributed by atoms with E-state index in [1.54, 1.807) is 0 Å². The van der Waals surface area contributed by atoms with Crippen LogP contribution in [-0.2, 0) is 11.3 Å². The monoisotopic (exact) mass is 414 g/mol. The van der Waals surface area contributed by atoms with Gasteiger partial charge in [-0.05, 0) is 35.4 Å². The van der Waals surface area contributed by atoms with Gasteiger partial charge >= 0.3 is 0 Å². The van der Waals surface area contributed by atoms with Crippen molar-refractivity contribution in [3.05, 3.63) is 54.1 Å². The maximum Gasteiger partial charge on any atom is 0.249 e. The summed E-state index contributed by atoms with van der Waals surface area (Å²) < 4.78 is 6.12. The number of amides is 1. The van der Waals surface area contributed by atoms with Gasteiger partial charge in [0.1, 0.15) is 23.7 Å². The molecule has 0 bridgehead atoms. The first kappa shape index (κ1) is 19.2. The van der Waals surface area contributed by atoms with Crippen LogP contribution in [0.25, 0.3) is 33.7 Å². The smallest absolute Gasteiger partial charge is 0.249 e. The number of aromatic amines is 1. The van der Waals surface area contributed by atoms with E-state index in [4.69, 9.17) is 4.42 Å². The van der Waals surface area contributed by atoms with E-state index in [-0.39, 0.29) is 12.5 Å². The zero-order chi connectivity index (χ0) is 21.2. The number of aromatic nitrogens is 4. The maximum absolute atomic E-state index is 12.3. The van der Waals surface area contributed by atoms with Crippen LogP contribution in [0.1, 0.15) is 31.7 Å². The molecule has 0 atom stereocenters. The summed E-state index contributed by atoms with van der Waals surface area (Å²) in [5.74, 6) is 2.21. The van der Waals surface area contributed by atoms with Crippen LogP contribution in [0.15, 0.2) is 57.9 Å². The maximum atomic E-state index is 12.3. The number of fused-ring (bicyclic) bond motifs is 1. The Morgan fingerprint density at radius 3 is 2.81 bits per heavy atom. The number of nitrogens with one attached hydrogen (secondary N) is 1. The minimum Gasteiger partial charge on any atom is -0.456 e. The average molecular weight is 414 g/mol. The summed E-state index contributed by atoms with van der Waals surface area (Å²) in [5, 5.41) is 15.3. The fourth-order valence-electron chi connectivity index (χ4n) is 3.88. The number of carbonyl (C=O) groups excluding carboxylic acids is 1. The summed E-state index contributed by atoms with van der Waals surface area (Å²) in [5.41, 5.74) is 3.57.